The fourth-order valence-corrected chi connectivity index (χ4v) is 8.08. The van der Waals surface area contributed by atoms with Gasteiger partial charge in [-0.05, 0) is 63.0 Å². The summed E-state index contributed by atoms with van der Waals surface area (Å²) in [4.78, 5) is 35.8. The van der Waals surface area contributed by atoms with Crippen molar-refractivity contribution in [2.45, 2.75) is 174 Å². The van der Waals surface area contributed by atoms with Gasteiger partial charge in [0.05, 0.1) is 52.5 Å². The Morgan fingerprint density at radius 3 is 2.10 bits per heavy atom. The number of hydrogen-bond acceptors (Lipinski definition) is 11. The Balaban J connectivity index is 1.83. The summed E-state index contributed by atoms with van der Waals surface area (Å²) < 4.78 is 40.5. The molecule has 1 aromatic heterocycles. The number of unbranched alkanes of at least 4 members (excludes halogenated alkanes) is 9. The van der Waals surface area contributed by atoms with Crippen LogP contribution in [0.1, 0.15) is 146 Å². The molecule has 1 aromatic rings. The standard InChI is InChI=1S/C46H80NO12P/c1-8-10-16-22-37(48)28-29-40-39(41(49)32-42(40)50)23-20-21-26-45(51)55-33-38(34-57-60(53,54)56-31-30-47(5,6)7)58-46(52)27-19-15-13-12-14-18-25-44-36(4)35(3)43(59-44)24-17-11-9-2/h20-21,28-29,37-42,48-50H,8-19,22-27,30-34H2,1-7H3/p+1/b21-20-,29-28+/t37-,38-,39+,40-,41+,42-/m1/s1. The average molecular weight is 871 g/mol. The minimum atomic E-state index is -4.47. The number of hydrogen-bond donors (Lipinski definition) is 4. The molecule has 0 bridgehead atoms. The minimum absolute atomic E-state index is 0.0276. The monoisotopic (exact) mass is 871 g/mol. The van der Waals surface area contributed by atoms with Gasteiger partial charge >= 0.3 is 19.8 Å². The van der Waals surface area contributed by atoms with Crippen molar-refractivity contribution in [2.24, 2.45) is 11.8 Å². The minimum Gasteiger partial charge on any atom is -0.466 e. The summed E-state index contributed by atoms with van der Waals surface area (Å²) in [6.07, 6.45) is 19.1. The van der Waals surface area contributed by atoms with Crippen molar-refractivity contribution in [1.29, 1.82) is 0 Å². The van der Waals surface area contributed by atoms with Crippen LogP contribution in [0.4, 0.5) is 0 Å². The molecule has 1 aliphatic carbocycles. The molecule has 13 nitrogen and oxygen atoms in total. The van der Waals surface area contributed by atoms with E-state index in [9.17, 15) is 34.4 Å². The van der Waals surface area contributed by atoms with Crippen molar-refractivity contribution < 1.29 is 61.8 Å². The maximum Gasteiger partial charge on any atom is 0.472 e. The maximum atomic E-state index is 12.8. The molecule has 4 N–H and O–H groups in total. The summed E-state index contributed by atoms with van der Waals surface area (Å²) >= 11 is 0. The number of aliphatic hydroxyl groups is 3. The van der Waals surface area contributed by atoms with Gasteiger partial charge in [0, 0.05) is 31.6 Å². The van der Waals surface area contributed by atoms with E-state index in [0.29, 0.717) is 30.3 Å². The number of likely N-dealkylation sites (N-methyl/N-ethyl adjacent to an activating group) is 1. The summed E-state index contributed by atoms with van der Waals surface area (Å²) in [5.74, 6) is 0.496. The molecule has 1 saturated carbocycles. The highest BCUT2D eigenvalue weighted by atomic mass is 31.2. The molecular formula is C46H81NO12P+. The van der Waals surface area contributed by atoms with E-state index in [4.69, 9.17) is 22.9 Å². The molecule has 0 spiro atoms. The Morgan fingerprint density at radius 1 is 0.833 bits per heavy atom. The molecule has 0 aromatic carbocycles. The third kappa shape index (κ3) is 22.7. The topological polar surface area (TPSA) is 182 Å². The molecule has 0 amide bonds. The molecule has 1 heterocycles. The predicted octanol–water partition coefficient (Wildman–Crippen LogP) is 8.39. The molecule has 7 atom stereocenters. The Kier molecular flexibility index (Phi) is 26.1. The van der Waals surface area contributed by atoms with Crippen LogP contribution in [0, 0.1) is 25.7 Å². The van der Waals surface area contributed by atoms with E-state index in [1.54, 1.807) is 24.3 Å². The van der Waals surface area contributed by atoms with Gasteiger partial charge in [0.25, 0.3) is 0 Å². The van der Waals surface area contributed by atoms with Gasteiger partial charge in [-0.15, -0.1) is 0 Å². The largest absolute Gasteiger partial charge is 0.472 e. The van der Waals surface area contributed by atoms with E-state index in [1.807, 2.05) is 21.1 Å². The summed E-state index contributed by atoms with van der Waals surface area (Å²) in [5.41, 5.74) is 2.56. The molecule has 60 heavy (non-hydrogen) atoms. The number of furan rings is 1. The van der Waals surface area contributed by atoms with Gasteiger partial charge in [0.1, 0.15) is 31.3 Å². The maximum absolute atomic E-state index is 12.8. The number of phosphoric acid groups is 1. The van der Waals surface area contributed by atoms with Crippen LogP contribution >= 0.6 is 7.82 Å². The van der Waals surface area contributed by atoms with Crippen molar-refractivity contribution in [2.75, 3.05) is 47.5 Å². The van der Waals surface area contributed by atoms with Crippen LogP contribution in [0.25, 0.3) is 0 Å². The van der Waals surface area contributed by atoms with E-state index in [1.165, 1.54) is 24.0 Å². The quantitative estimate of drug-likeness (QED) is 0.0174. The molecule has 346 valence electrons. The van der Waals surface area contributed by atoms with Crippen molar-refractivity contribution in [1.82, 2.24) is 0 Å². The van der Waals surface area contributed by atoms with Crippen LogP contribution in [0.3, 0.4) is 0 Å². The van der Waals surface area contributed by atoms with Gasteiger partial charge < -0.3 is 38.6 Å². The predicted molar refractivity (Wildman–Crippen MR) is 234 cm³/mol. The Bertz CT molecular complexity index is 1470. The Labute approximate surface area is 361 Å². The number of phosphoric ester groups is 1. The van der Waals surface area contributed by atoms with E-state index < -0.39 is 50.8 Å². The second-order valence-corrected chi connectivity index (χ2v) is 19.1. The molecule has 14 heteroatoms. The first-order chi connectivity index (χ1) is 28.5. The molecule has 2 rings (SSSR count). The first-order valence-corrected chi connectivity index (χ1v) is 24.2. The van der Waals surface area contributed by atoms with Gasteiger partial charge in [-0.1, -0.05) is 95.9 Å². The Hall–Kier alpha value is -2.35. The fourth-order valence-electron chi connectivity index (χ4n) is 7.34. The molecule has 1 fully saturated rings. The van der Waals surface area contributed by atoms with Crippen LogP contribution in [0.2, 0.25) is 0 Å². The van der Waals surface area contributed by atoms with E-state index in [-0.39, 0.29) is 44.3 Å². The zero-order chi connectivity index (χ0) is 44.6. The number of carbonyl (C=O) groups excluding carboxylic acids is 2. The van der Waals surface area contributed by atoms with Gasteiger partial charge in [0.2, 0.25) is 0 Å². The second-order valence-electron chi connectivity index (χ2n) is 17.7. The number of carbonyl (C=O) groups is 2. The summed E-state index contributed by atoms with van der Waals surface area (Å²) in [6, 6.07) is 0. The number of aliphatic hydroxyl groups excluding tert-OH is 3. The average Bonchev–Trinajstić information content (AvgIpc) is 3.61. The number of aryl methyl sites for hydroxylation is 2. The summed E-state index contributed by atoms with van der Waals surface area (Å²) in [7, 11) is 1.28. The summed E-state index contributed by atoms with van der Waals surface area (Å²) in [6.45, 7) is 8.15. The van der Waals surface area contributed by atoms with E-state index in [2.05, 4.69) is 27.7 Å². The van der Waals surface area contributed by atoms with E-state index in [0.717, 1.165) is 82.1 Å². The highest BCUT2D eigenvalue weighted by Crippen LogP contribution is 2.43. The van der Waals surface area contributed by atoms with Gasteiger partial charge in [-0.2, -0.15) is 0 Å². The SMILES string of the molecule is CCCCCc1oc(CCCCCCCCC(=O)O[C@H](COC(=O)C/C=C\C[C@H]2[C@@H](/C=C/[C@H](O)CCCCC)[C@H](O)C[C@@H]2O)COP(=O)(O)OCC[N+](C)(C)C)c(C)c1C. The van der Waals surface area contributed by atoms with Crippen molar-refractivity contribution in [3.05, 3.63) is 47.0 Å². The highest BCUT2D eigenvalue weighted by molar-refractivity contribution is 7.47. The number of nitrogens with zero attached hydrogens (tertiary/aromatic N) is 1. The molecule has 0 radical (unpaired) electrons. The first-order valence-electron chi connectivity index (χ1n) is 22.7. The zero-order valence-corrected chi connectivity index (χ0v) is 38.9. The van der Waals surface area contributed by atoms with Crippen molar-refractivity contribution >= 4 is 19.8 Å². The van der Waals surface area contributed by atoms with Crippen LogP contribution in [0.5, 0.6) is 0 Å². The zero-order valence-electron chi connectivity index (χ0n) is 38.0. The van der Waals surface area contributed by atoms with E-state index >= 15 is 0 Å². The van der Waals surface area contributed by atoms with Crippen LogP contribution < -0.4 is 0 Å². The highest BCUT2D eigenvalue weighted by Gasteiger charge is 2.39. The molecule has 0 saturated heterocycles. The lowest BCUT2D eigenvalue weighted by atomic mass is 9.89. The van der Waals surface area contributed by atoms with Gasteiger partial charge in [-0.25, -0.2) is 4.57 Å². The van der Waals surface area contributed by atoms with Crippen LogP contribution in [-0.4, -0.2) is 109 Å². The third-order valence-corrected chi connectivity index (χ3v) is 12.3. The third-order valence-electron chi connectivity index (χ3n) is 11.3. The molecular weight excluding hydrogens is 789 g/mol. The van der Waals surface area contributed by atoms with Gasteiger partial charge in [-0.3, -0.25) is 18.6 Å². The molecule has 0 aliphatic heterocycles. The smallest absolute Gasteiger partial charge is 0.466 e. The first kappa shape index (κ1) is 53.8. The van der Waals surface area contributed by atoms with Crippen LogP contribution in [0.15, 0.2) is 28.7 Å². The number of rotatable bonds is 33. The van der Waals surface area contributed by atoms with Crippen molar-refractivity contribution in [3.63, 3.8) is 0 Å². The lowest BCUT2D eigenvalue weighted by molar-refractivity contribution is -0.870. The summed E-state index contributed by atoms with van der Waals surface area (Å²) in [5, 5.41) is 31.4. The van der Waals surface area contributed by atoms with Crippen molar-refractivity contribution in [3.8, 4) is 0 Å². The normalized spacial score (nSPS) is 20.5. The number of ether oxygens (including phenoxy) is 2. The van der Waals surface area contributed by atoms with Gasteiger partial charge in [0.15, 0.2) is 6.10 Å². The Morgan fingerprint density at radius 2 is 1.45 bits per heavy atom. The fraction of sp³-hybridized carbons (Fsp3) is 0.783. The molecule has 1 aliphatic rings. The number of esters is 2. The second kappa shape index (κ2) is 29.1. The lowest BCUT2D eigenvalue weighted by Gasteiger charge is -2.24. The lowest BCUT2D eigenvalue weighted by Crippen LogP contribution is -2.37. The molecule has 1 unspecified atom stereocenters. The number of allylic oxidation sites excluding steroid dienone is 1. The van der Waals surface area contributed by atoms with Crippen LogP contribution in [-0.2, 0) is 45.5 Å². The number of quaternary nitrogens is 1.